The molecule has 0 unspecified atom stereocenters. The number of nitrogens with zero attached hydrogens (tertiary/aromatic N) is 2. The Morgan fingerprint density at radius 3 is 2.60 bits per heavy atom. The highest BCUT2D eigenvalue weighted by Gasteiger charge is 2.26. The maximum absolute atomic E-state index is 12.5. The zero-order valence-corrected chi connectivity index (χ0v) is 14.0. The number of nitro groups is 1. The van der Waals surface area contributed by atoms with Gasteiger partial charge in [0.25, 0.3) is 0 Å². The third-order valence-electron chi connectivity index (χ3n) is 3.42. The number of carbonyl (C=O) groups excluding carboxylic acids is 2. The van der Waals surface area contributed by atoms with Gasteiger partial charge in [0.05, 0.1) is 17.7 Å². The molecule has 25 heavy (non-hydrogen) atoms. The molecule has 2 aromatic heterocycles. The summed E-state index contributed by atoms with van der Waals surface area (Å²) < 4.78 is 10.2. The van der Waals surface area contributed by atoms with Crippen molar-refractivity contribution in [1.82, 2.24) is 9.97 Å². The number of Topliss-reactive ketones (excluding diaryl/α,β-unsaturated/α-hetero) is 1. The van der Waals surface area contributed by atoms with Gasteiger partial charge in [0.2, 0.25) is 11.5 Å². The first-order valence-corrected chi connectivity index (χ1v) is 7.48. The van der Waals surface area contributed by atoms with E-state index in [4.69, 9.17) is 9.47 Å². The Balaban J connectivity index is 2.25. The molecule has 0 aliphatic rings. The number of nitrogens with one attached hydrogen (secondary N) is 1. The lowest BCUT2D eigenvalue weighted by Crippen LogP contribution is -2.17. The van der Waals surface area contributed by atoms with Gasteiger partial charge in [-0.3, -0.25) is 4.79 Å². The molecule has 2 rings (SSSR count). The number of carbonyl (C=O) groups is 2. The summed E-state index contributed by atoms with van der Waals surface area (Å²) in [7, 11) is 0. The number of aryl methyl sites for hydroxylation is 2. The molecule has 2 aromatic rings. The van der Waals surface area contributed by atoms with E-state index in [1.807, 2.05) is 0 Å². The van der Waals surface area contributed by atoms with Crippen molar-refractivity contribution in [3.05, 3.63) is 51.0 Å². The summed E-state index contributed by atoms with van der Waals surface area (Å²) in [5.74, 6) is -1.71. The number of hydrogen-bond donors (Lipinski definition) is 1. The molecule has 0 saturated heterocycles. The number of aromatic nitrogens is 2. The van der Waals surface area contributed by atoms with Gasteiger partial charge in [-0.25, -0.2) is 4.79 Å². The van der Waals surface area contributed by atoms with Gasteiger partial charge in [-0.2, -0.15) is 0 Å². The Bertz CT molecular complexity index is 827. The molecule has 0 aliphatic carbocycles. The van der Waals surface area contributed by atoms with E-state index >= 15 is 0 Å². The van der Waals surface area contributed by atoms with Gasteiger partial charge in [0, 0.05) is 11.4 Å². The molecule has 0 spiro atoms. The van der Waals surface area contributed by atoms with Crippen LogP contribution in [0.2, 0.25) is 0 Å². The molecule has 0 aliphatic heterocycles. The summed E-state index contributed by atoms with van der Waals surface area (Å²) >= 11 is 0. The van der Waals surface area contributed by atoms with Crippen LogP contribution >= 0.6 is 0 Å². The summed E-state index contributed by atoms with van der Waals surface area (Å²) in [6, 6.07) is 2.81. The van der Waals surface area contributed by atoms with Crippen LogP contribution in [-0.2, 0) is 4.74 Å². The van der Waals surface area contributed by atoms with Gasteiger partial charge in [0.15, 0.2) is 6.61 Å². The summed E-state index contributed by atoms with van der Waals surface area (Å²) in [4.78, 5) is 41.4. The average molecular weight is 347 g/mol. The number of rotatable bonds is 7. The molecule has 0 fully saturated rings. The number of H-pyrrole nitrogens is 1. The number of ether oxygens (including phenoxy) is 2. The van der Waals surface area contributed by atoms with Crippen molar-refractivity contribution in [2.24, 2.45) is 0 Å². The number of hydrogen-bond acceptors (Lipinski definition) is 7. The summed E-state index contributed by atoms with van der Waals surface area (Å²) in [6.45, 7) is 4.67. The molecule has 0 amide bonds. The minimum atomic E-state index is -0.699. The van der Waals surface area contributed by atoms with Crippen molar-refractivity contribution in [1.29, 1.82) is 0 Å². The SMILES string of the molecule is CCOC(=O)c1c(C)[nH]c(C)c1C(=O)COc1cccnc1[N+](=O)[O-]. The monoisotopic (exact) mass is 347 g/mol. The van der Waals surface area contributed by atoms with Crippen molar-refractivity contribution < 1.29 is 24.0 Å². The van der Waals surface area contributed by atoms with Crippen molar-refractivity contribution in [3.63, 3.8) is 0 Å². The summed E-state index contributed by atoms with van der Waals surface area (Å²) in [5.41, 5.74) is 1.30. The lowest BCUT2D eigenvalue weighted by molar-refractivity contribution is -0.390. The zero-order valence-electron chi connectivity index (χ0n) is 14.0. The molecule has 0 atom stereocenters. The number of ketones is 1. The molecule has 1 N–H and O–H groups in total. The Hall–Kier alpha value is -3.23. The smallest absolute Gasteiger partial charge is 0.406 e. The summed E-state index contributed by atoms with van der Waals surface area (Å²) in [5, 5.41) is 10.9. The number of esters is 1. The van der Waals surface area contributed by atoms with E-state index in [0.717, 1.165) is 0 Å². The normalized spacial score (nSPS) is 10.4. The van der Waals surface area contributed by atoms with Gasteiger partial charge >= 0.3 is 11.8 Å². The minimum absolute atomic E-state index is 0.122. The van der Waals surface area contributed by atoms with E-state index in [2.05, 4.69) is 9.97 Å². The molecule has 0 bridgehead atoms. The van der Waals surface area contributed by atoms with Gasteiger partial charge in [0.1, 0.15) is 6.20 Å². The Labute approximate surface area is 143 Å². The van der Waals surface area contributed by atoms with Crippen LogP contribution in [0.3, 0.4) is 0 Å². The van der Waals surface area contributed by atoms with Gasteiger partial charge in [-0.1, -0.05) is 0 Å². The fraction of sp³-hybridized carbons (Fsp3) is 0.312. The third kappa shape index (κ3) is 3.82. The first kappa shape index (κ1) is 18.1. The van der Waals surface area contributed by atoms with E-state index in [1.165, 1.54) is 18.3 Å². The van der Waals surface area contributed by atoms with Crippen molar-refractivity contribution >= 4 is 17.6 Å². The quantitative estimate of drug-likeness (QED) is 0.353. The largest absolute Gasteiger partial charge is 0.477 e. The van der Waals surface area contributed by atoms with Gasteiger partial charge in [-0.15, -0.1) is 0 Å². The van der Waals surface area contributed by atoms with Crippen LogP contribution in [0, 0.1) is 24.0 Å². The Kier molecular flexibility index (Phi) is 5.48. The molecule has 9 heteroatoms. The molecular formula is C16H17N3O6. The predicted octanol–water partition coefficient (Wildman–Crippen LogP) is 2.37. The van der Waals surface area contributed by atoms with E-state index in [-0.39, 0.29) is 23.5 Å². The second-order valence-electron chi connectivity index (χ2n) is 5.14. The van der Waals surface area contributed by atoms with Crippen molar-refractivity contribution in [3.8, 4) is 5.75 Å². The van der Waals surface area contributed by atoms with Crippen LogP contribution in [0.5, 0.6) is 5.75 Å². The molecule has 2 heterocycles. The van der Waals surface area contributed by atoms with E-state index < -0.39 is 29.1 Å². The Morgan fingerprint density at radius 1 is 1.28 bits per heavy atom. The fourth-order valence-corrected chi connectivity index (χ4v) is 2.44. The molecule has 0 radical (unpaired) electrons. The lowest BCUT2D eigenvalue weighted by Gasteiger charge is -2.07. The van der Waals surface area contributed by atoms with Gasteiger partial charge in [-0.05, 0) is 42.8 Å². The summed E-state index contributed by atoms with van der Waals surface area (Å²) in [6.07, 6.45) is 1.26. The minimum Gasteiger partial charge on any atom is -0.477 e. The molecule has 9 nitrogen and oxygen atoms in total. The highest BCUT2D eigenvalue weighted by Crippen LogP contribution is 2.24. The van der Waals surface area contributed by atoms with Crippen molar-refractivity contribution in [2.45, 2.75) is 20.8 Å². The first-order valence-electron chi connectivity index (χ1n) is 7.48. The molecule has 132 valence electrons. The van der Waals surface area contributed by atoms with Crippen molar-refractivity contribution in [2.75, 3.05) is 13.2 Å². The van der Waals surface area contributed by atoms with Crippen LogP contribution in [0.25, 0.3) is 0 Å². The van der Waals surface area contributed by atoms with Crippen LogP contribution in [-0.4, -0.2) is 39.9 Å². The molecule has 0 saturated carbocycles. The van der Waals surface area contributed by atoms with E-state index in [1.54, 1.807) is 20.8 Å². The maximum atomic E-state index is 12.5. The lowest BCUT2D eigenvalue weighted by atomic mass is 10.1. The van der Waals surface area contributed by atoms with Crippen LogP contribution in [0.15, 0.2) is 18.3 Å². The Morgan fingerprint density at radius 2 is 1.96 bits per heavy atom. The fourth-order valence-electron chi connectivity index (χ4n) is 2.44. The highest BCUT2D eigenvalue weighted by atomic mass is 16.6. The standard InChI is InChI=1S/C16H17N3O6/c1-4-24-16(21)14-10(3)18-9(2)13(14)11(20)8-25-12-6-5-7-17-15(12)19(22)23/h5-7,18H,4,8H2,1-3H3. The van der Waals surface area contributed by atoms with Gasteiger partial charge < -0.3 is 24.6 Å². The van der Waals surface area contributed by atoms with E-state index in [0.29, 0.717) is 11.4 Å². The number of pyridine rings is 1. The topological polar surface area (TPSA) is 124 Å². The maximum Gasteiger partial charge on any atom is 0.406 e. The molecule has 0 aromatic carbocycles. The second kappa shape index (κ2) is 7.56. The zero-order chi connectivity index (χ0) is 18.6. The number of aromatic amines is 1. The second-order valence-corrected chi connectivity index (χ2v) is 5.14. The van der Waals surface area contributed by atoms with Crippen LogP contribution in [0.4, 0.5) is 5.82 Å². The van der Waals surface area contributed by atoms with Crippen LogP contribution < -0.4 is 4.74 Å². The average Bonchev–Trinajstić information content (AvgIpc) is 2.87. The predicted molar refractivity (Wildman–Crippen MR) is 86.9 cm³/mol. The highest BCUT2D eigenvalue weighted by molar-refractivity contribution is 6.08. The molecular weight excluding hydrogens is 330 g/mol. The van der Waals surface area contributed by atoms with E-state index in [9.17, 15) is 19.7 Å². The first-order chi connectivity index (χ1) is 11.9. The van der Waals surface area contributed by atoms with Crippen LogP contribution in [0.1, 0.15) is 39.0 Å². The third-order valence-corrected chi connectivity index (χ3v) is 3.42.